The van der Waals surface area contributed by atoms with E-state index in [0.29, 0.717) is 5.69 Å². The van der Waals surface area contributed by atoms with Gasteiger partial charge in [-0.15, -0.1) is 0 Å². The van der Waals surface area contributed by atoms with Crippen molar-refractivity contribution in [3.63, 3.8) is 0 Å². The predicted molar refractivity (Wildman–Crippen MR) is 102 cm³/mol. The maximum atomic E-state index is 11.6. The van der Waals surface area contributed by atoms with Crippen LogP contribution in [0.25, 0.3) is 0 Å². The minimum atomic E-state index is -0.322. The van der Waals surface area contributed by atoms with Crippen LogP contribution in [0.2, 0.25) is 0 Å². The highest BCUT2D eigenvalue weighted by Crippen LogP contribution is 2.40. The zero-order valence-electron chi connectivity index (χ0n) is 14.6. The van der Waals surface area contributed by atoms with E-state index in [9.17, 15) is 10.1 Å². The second-order valence-corrected chi connectivity index (χ2v) is 6.26. The van der Waals surface area contributed by atoms with Crippen molar-refractivity contribution >= 4 is 22.7 Å². The molecular weight excluding hydrogens is 312 g/mol. The molecule has 4 nitrogen and oxygen atoms in total. The minimum absolute atomic E-state index is 0.0983. The van der Waals surface area contributed by atoms with Crippen molar-refractivity contribution in [3.8, 4) is 0 Å². The standard InChI is InChI=1S/C21H20N2O2/c1-15-4-9-18(10-5-15)22(19-11-6-16(2)7-12-19)20-13-8-17(3)14-21(20)23(24)25/h4-14H,1-3H3. The molecule has 0 saturated carbocycles. The lowest BCUT2D eigenvalue weighted by Gasteiger charge is -2.25. The molecule has 25 heavy (non-hydrogen) atoms. The monoisotopic (exact) mass is 332 g/mol. The van der Waals surface area contributed by atoms with Crippen LogP contribution in [0.15, 0.2) is 66.7 Å². The Morgan fingerprint density at radius 2 is 1.16 bits per heavy atom. The Balaban J connectivity index is 2.23. The van der Waals surface area contributed by atoms with E-state index in [0.717, 1.165) is 28.1 Å². The van der Waals surface area contributed by atoms with Gasteiger partial charge in [0.25, 0.3) is 5.69 Å². The van der Waals surface area contributed by atoms with E-state index in [1.165, 1.54) is 0 Å². The summed E-state index contributed by atoms with van der Waals surface area (Å²) >= 11 is 0. The summed E-state index contributed by atoms with van der Waals surface area (Å²) in [6.07, 6.45) is 0. The van der Waals surface area contributed by atoms with Gasteiger partial charge in [-0.3, -0.25) is 10.1 Å². The molecule has 0 bridgehead atoms. The van der Waals surface area contributed by atoms with Crippen molar-refractivity contribution in [1.29, 1.82) is 0 Å². The van der Waals surface area contributed by atoms with Gasteiger partial charge in [-0.05, 0) is 56.7 Å². The highest BCUT2D eigenvalue weighted by molar-refractivity contribution is 5.82. The Morgan fingerprint density at radius 3 is 1.60 bits per heavy atom. The lowest BCUT2D eigenvalue weighted by molar-refractivity contribution is -0.384. The number of hydrogen-bond acceptors (Lipinski definition) is 3. The zero-order valence-corrected chi connectivity index (χ0v) is 14.6. The van der Waals surface area contributed by atoms with Crippen LogP contribution in [0.5, 0.6) is 0 Å². The Bertz CT molecular complexity index is 855. The normalized spacial score (nSPS) is 10.5. The minimum Gasteiger partial charge on any atom is -0.304 e. The first-order valence-corrected chi connectivity index (χ1v) is 8.14. The second-order valence-electron chi connectivity index (χ2n) is 6.26. The summed E-state index contributed by atoms with van der Waals surface area (Å²) in [7, 11) is 0. The number of hydrogen-bond donors (Lipinski definition) is 0. The first-order chi connectivity index (χ1) is 12.0. The van der Waals surface area contributed by atoms with Crippen LogP contribution in [0.1, 0.15) is 16.7 Å². The van der Waals surface area contributed by atoms with Crippen LogP contribution in [-0.2, 0) is 0 Å². The lowest BCUT2D eigenvalue weighted by Crippen LogP contribution is -2.12. The number of aryl methyl sites for hydroxylation is 3. The molecule has 0 fully saturated rings. The van der Waals surface area contributed by atoms with E-state index in [1.807, 2.05) is 86.3 Å². The lowest BCUT2D eigenvalue weighted by atomic mass is 10.1. The van der Waals surface area contributed by atoms with Gasteiger partial charge in [0, 0.05) is 17.4 Å². The Kier molecular flexibility index (Phi) is 4.52. The summed E-state index contributed by atoms with van der Waals surface area (Å²) in [6, 6.07) is 21.3. The molecule has 0 aromatic heterocycles. The van der Waals surface area contributed by atoms with Gasteiger partial charge in [0.2, 0.25) is 0 Å². The maximum Gasteiger partial charge on any atom is 0.293 e. The Morgan fingerprint density at radius 1 is 0.720 bits per heavy atom. The van der Waals surface area contributed by atoms with E-state index in [-0.39, 0.29) is 10.6 Å². The fraction of sp³-hybridized carbons (Fsp3) is 0.143. The molecule has 0 aliphatic carbocycles. The first-order valence-electron chi connectivity index (χ1n) is 8.14. The summed E-state index contributed by atoms with van der Waals surface area (Å²) < 4.78 is 0. The van der Waals surface area contributed by atoms with Crippen LogP contribution in [0, 0.1) is 30.9 Å². The third-order valence-corrected chi connectivity index (χ3v) is 4.15. The Hall–Kier alpha value is -3.14. The van der Waals surface area contributed by atoms with E-state index in [1.54, 1.807) is 6.07 Å². The number of nitro benzene ring substituents is 1. The number of rotatable bonds is 4. The van der Waals surface area contributed by atoms with Gasteiger partial charge in [0.15, 0.2) is 0 Å². The molecule has 0 aliphatic heterocycles. The molecule has 0 aliphatic rings. The van der Waals surface area contributed by atoms with Crippen molar-refractivity contribution in [2.75, 3.05) is 4.90 Å². The van der Waals surface area contributed by atoms with E-state index in [2.05, 4.69) is 0 Å². The van der Waals surface area contributed by atoms with Crippen molar-refractivity contribution in [2.24, 2.45) is 0 Å². The quantitative estimate of drug-likeness (QED) is 0.435. The van der Waals surface area contributed by atoms with E-state index >= 15 is 0 Å². The maximum absolute atomic E-state index is 11.6. The van der Waals surface area contributed by atoms with E-state index in [4.69, 9.17) is 0 Å². The largest absolute Gasteiger partial charge is 0.304 e. The number of benzene rings is 3. The Labute approximate surface area is 147 Å². The molecule has 0 unspecified atom stereocenters. The molecule has 0 heterocycles. The van der Waals surface area contributed by atoms with Gasteiger partial charge in [-0.1, -0.05) is 41.5 Å². The molecule has 0 spiro atoms. The third-order valence-electron chi connectivity index (χ3n) is 4.15. The molecule has 126 valence electrons. The SMILES string of the molecule is Cc1ccc(N(c2ccc(C)cc2)c2ccc(C)cc2[N+](=O)[O-])cc1. The van der Waals surface area contributed by atoms with Gasteiger partial charge in [0.1, 0.15) is 5.69 Å². The fourth-order valence-electron chi connectivity index (χ4n) is 2.78. The average molecular weight is 332 g/mol. The molecule has 3 aromatic rings. The number of nitrogens with zero attached hydrogens (tertiary/aromatic N) is 2. The smallest absolute Gasteiger partial charge is 0.293 e. The molecule has 0 radical (unpaired) electrons. The molecule has 0 saturated heterocycles. The van der Waals surface area contributed by atoms with Gasteiger partial charge < -0.3 is 4.90 Å². The van der Waals surface area contributed by atoms with Gasteiger partial charge in [0.05, 0.1) is 4.92 Å². The van der Waals surface area contributed by atoms with Crippen LogP contribution >= 0.6 is 0 Å². The summed E-state index contributed by atoms with van der Waals surface area (Å²) in [4.78, 5) is 13.2. The van der Waals surface area contributed by atoms with Crippen LogP contribution in [0.4, 0.5) is 22.7 Å². The molecule has 3 aromatic carbocycles. The second kappa shape index (κ2) is 6.77. The van der Waals surface area contributed by atoms with Crippen molar-refractivity contribution < 1.29 is 4.92 Å². The molecule has 0 atom stereocenters. The molecule has 0 N–H and O–H groups in total. The molecular formula is C21H20N2O2. The van der Waals surface area contributed by atoms with Gasteiger partial charge in [-0.2, -0.15) is 0 Å². The average Bonchev–Trinajstić information content (AvgIpc) is 2.59. The number of anilines is 3. The van der Waals surface area contributed by atoms with Crippen molar-refractivity contribution in [3.05, 3.63) is 93.5 Å². The molecule has 0 amide bonds. The summed E-state index contributed by atoms with van der Waals surface area (Å²) in [6.45, 7) is 5.90. The summed E-state index contributed by atoms with van der Waals surface area (Å²) in [5.41, 5.74) is 5.59. The van der Waals surface area contributed by atoms with Crippen LogP contribution in [-0.4, -0.2) is 4.92 Å². The van der Waals surface area contributed by atoms with E-state index < -0.39 is 0 Å². The zero-order chi connectivity index (χ0) is 18.0. The highest BCUT2D eigenvalue weighted by Gasteiger charge is 2.22. The molecule has 4 heteroatoms. The van der Waals surface area contributed by atoms with Gasteiger partial charge in [-0.25, -0.2) is 0 Å². The predicted octanol–water partition coefficient (Wildman–Crippen LogP) is 5.99. The molecule has 3 rings (SSSR count). The summed E-state index contributed by atoms with van der Waals surface area (Å²) in [5.74, 6) is 0. The summed E-state index contributed by atoms with van der Waals surface area (Å²) in [5, 5.41) is 11.6. The first kappa shape index (κ1) is 16.7. The van der Waals surface area contributed by atoms with Crippen molar-refractivity contribution in [2.45, 2.75) is 20.8 Å². The topological polar surface area (TPSA) is 46.4 Å². The fourth-order valence-corrected chi connectivity index (χ4v) is 2.78. The van der Waals surface area contributed by atoms with Gasteiger partial charge >= 0.3 is 0 Å². The van der Waals surface area contributed by atoms with Crippen LogP contribution in [0.3, 0.4) is 0 Å². The highest BCUT2D eigenvalue weighted by atomic mass is 16.6. The van der Waals surface area contributed by atoms with Crippen LogP contribution < -0.4 is 4.90 Å². The number of nitro groups is 1. The third kappa shape index (κ3) is 3.53. The van der Waals surface area contributed by atoms with Crippen molar-refractivity contribution in [1.82, 2.24) is 0 Å².